The lowest BCUT2D eigenvalue weighted by molar-refractivity contribution is -0.157. The van der Waals surface area contributed by atoms with Gasteiger partial charge in [-0.3, -0.25) is 52.7 Å². The summed E-state index contributed by atoms with van der Waals surface area (Å²) < 4.78 is 0. The smallest absolute Gasteiger partial charge is 0.246 e. The van der Waals surface area contributed by atoms with Gasteiger partial charge >= 0.3 is 0 Å². The number of allylic oxidation sites excluding steroid dienone is 2. The van der Waals surface area contributed by atoms with Crippen molar-refractivity contribution in [1.29, 1.82) is 0 Å². The molecule has 0 radical (unpaired) electrons. The predicted molar refractivity (Wildman–Crippen MR) is 325 cm³/mol. The van der Waals surface area contributed by atoms with Crippen LogP contribution in [-0.4, -0.2) is 238 Å². The molecule has 0 bridgehead atoms. The molecule has 24 nitrogen and oxygen atoms in total. The Bertz CT molecular complexity index is 2350. The first kappa shape index (κ1) is 76.8. The van der Waals surface area contributed by atoms with Crippen LogP contribution in [0.5, 0.6) is 0 Å². The van der Waals surface area contributed by atoms with Crippen molar-refractivity contribution in [2.24, 2.45) is 35.0 Å². The SMILES string of the molecule is C/C=C/C[C@@H](C)[C@@H](O)[C@H]1C(=O)N[C@@H](CC)C(=O)N(C)CC(=O)N(C)[C@@H]([C@@H](C)O)C(=O)N[C@@H](C(C)(C)C)C(=O)N(C)[C@@H](C)C(=O)N[C@@H](CC(C)C)C(=O)N[C@H](C)C(=O)N(C)[C@@H](CC(C)C)C(=O)N(C)[C@@H](CC(C)C)C(=O)N(C)[C@@H](C(C)C)C(=O)N1C. The summed E-state index contributed by atoms with van der Waals surface area (Å²) in [4.78, 5) is 168. The zero-order valence-electron chi connectivity index (χ0n) is 55.7. The third-order valence-corrected chi connectivity index (χ3v) is 16.0. The van der Waals surface area contributed by atoms with E-state index in [4.69, 9.17) is 0 Å². The van der Waals surface area contributed by atoms with E-state index in [1.165, 1.54) is 84.8 Å². The fourth-order valence-electron chi connectivity index (χ4n) is 10.5. The Labute approximate surface area is 507 Å². The van der Waals surface area contributed by atoms with E-state index in [1.807, 2.05) is 41.5 Å². The van der Waals surface area contributed by atoms with Gasteiger partial charge < -0.3 is 65.8 Å². The van der Waals surface area contributed by atoms with Crippen LogP contribution in [0.1, 0.15) is 150 Å². The number of carbonyl (C=O) groups is 11. The number of nitrogens with one attached hydrogen (secondary N) is 4. The second-order valence-electron chi connectivity index (χ2n) is 26.2. The quantitative estimate of drug-likeness (QED) is 0.144. The molecule has 85 heavy (non-hydrogen) atoms. The van der Waals surface area contributed by atoms with E-state index in [2.05, 4.69) is 21.3 Å². The van der Waals surface area contributed by atoms with Crippen LogP contribution in [0.4, 0.5) is 0 Å². The van der Waals surface area contributed by atoms with Gasteiger partial charge in [-0.25, -0.2) is 0 Å². The summed E-state index contributed by atoms with van der Waals surface area (Å²) in [5.74, 6) is -9.94. The molecule has 1 saturated heterocycles. The summed E-state index contributed by atoms with van der Waals surface area (Å²) in [6.07, 6.45) is 1.17. The van der Waals surface area contributed by atoms with Crippen LogP contribution in [0.2, 0.25) is 0 Å². The minimum absolute atomic E-state index is 0.0208. The van der Waals surface area contributed by atoms with E-state index in [0.29, 0.717) is 6.42 Å². The topological polar surface area (TPSA) is 299 Å². The number of carbonyl (C=O) groups excluding carboxylic acids is 11. The normalized spacial score (nSPS) is 27.4. The van der Waals surface area contributed by atoms with Crippen molar-refractivity contribution in [2.45, 2.75) is 222 Å². The lowest BCUT2D eigenvalue weighted by atomic mass is 9.85. The number of aliphatic hydroxyl groups excluding tert-OH is 2. The van der Waals surface area contributed by atoms with Gasteiger partial charge in [0.25, 0.3) is 0 Å². The molecule has 0 spiro atoms. The van der Waals surface area contributed by atoms with E-state index >= 15 is 9.59 Å². The maximum atomic E-state index is 15.1. The van der Waals surface area contributed by atoms with Crippen molar-refractivity contribution in [3.05, 3.63) is 12.2 Å². The van der Waals surface area contributed by atoms with E-state index in [-0.39, 0.29) is 43.4 Å². The van der Waals surface area contributed by atoms with Gasteiger partial charge in [0, 0.05) is 49.3 Å². The van der Waals surface area contributed by atoms with Gasteiger partial charge in [0.1, 0.15) is 60.4 Å². The highest BCUT2D eigenvalue weighted by Crippen LogP contribution is 2.26. The average Bonchev–Trinajstić information content (AvgIpc) is 3.26. The molecule has 11 amide bonds. The van der Waals surface area contributed by atoms with Gasteiger partial charge in [0.2, 0.25) is 65.0 Å². The summed E-state index contributed by atoms with van der Waals surface area (Å²) in [5.41, 5.74) is -1.03. The van der Waals surface area contributed by atoms with Crippen LogP contribution in [0, 0.1) is 35.0 Å². The zero-order valence-corrected chi connectivity index (χ0v) is 55.7. The fraction of sp³-hybridized carbons (Fsp3) is 0.787. The third-order valence-electron chi connectivity index (χ3n) is 16.0. The van der Waals surface area contributed by atoms with Crippen molar-refractivity contribution < 1.29 is 63.0 Å². The molecule has 24 heteroatoms. The molecule has 1 rings (SSSR count). The van der Waals surface area contributed by atoms with Crippen molar-refractivity contribution in [1.82, 2.24) is 55.6 Å². The summed E-state index contributed by atoms with van der Waals surface area (Å²) in [7, 11) is 9.53. The van der Waals surface area contributed by atoms with Crippen LogP contribution in [0.3, 0.4) is 0 Å². The van der Waals surface area contributed by atoms with E-state index in [1.54, 1.807) is 67.5 Å². The van der Waals surface area contributed by atoms with Gasteiger partial charge in [-0.05, 0) is 94.8 Å². The van der Waals surface area contributed by atoms with Crippen molar-refractivity contribution in [2.75, 3.05) is 55.9 Å². The molecule has 1 aliphatic rings. The number of hydrogen-bond donors (Lipinski definition) is 6. The van der Waals surface area contributed by atoms with Gasteiger partial charge in [-0.1, -0.05) is 102 Å². The molecule has 0 aliphatic carbocycles. The molecular formula is C61H109N11O13. The Morgan fingerprint density at radius 1 is 0.518 bits per heavy atom. The third kappa shape index (κ3) is 21.0. The Morgan fingerprint density at radius 3 is 1.42 bits per heavy atom. The Balaban J connectivity index is 4.34. The largest absolute Gasteiger partial charge is 0.391 e. The Kier molecular flexibility index (Phi) is 30.4. The molecule has 1 heterocycles. The van der Waals surface area contributed by atoms with Gasteiger partial charge in [-0.2, -0.15) is 0 Å². The molecule has 0 unspecified atom stereocenters. The molecular weight excluding hydrogens is 1090 g/mol. The number of aliphatic hydroxyl groups is 2. The Morgan fingerprint density at radius 2 is 0.976 bits per heavy atom. The lowest BCUT2D eigenvalue weighted by Gasteiger charge is -2.41. The average molecular weight is 1200 g/mol. The standard InChI is InChI=1S/C61H109N11O13/c1-25-27-28-37(11)49(75)48-54(79)63-41(26-2)56(81)66(18)32-45(74)70(22)47(40(14)73)53(78)65-50(61(15,16)17)60(85)67(19)39(13)51(76)64-42(29-33(3)4)52(77)62-38(12)55(80)68(20)43(30-34(5)6)57(82)69(21)44(31-35(7)8)58(83)71(23)46(36(9)10)59(84)72(48)24/h25,27,33-44,46-50,73,75H,26,28-32H2,1-24H3,(H,62,77)(H,63,79)(H,64,76)(H,65,78)/b27-25+/t37-,38-,39+,40-,41+,42+,43+,44+,46+,47+,48+,49-,50-/m1/s1. The van der Waals surface area contributed by atoms with Gasteiger partial charge in [-0.15, -0.1) is 0 Å². The number of amides is 11. The van der Waals surface area contributed by atoms with E-state index in [0.717, 1.165) is 19.6 Å². The van der Waals surface area contributed by atoms with Gasteiger partial charge in [0.15, 0.2) is 0 Å². The maximum absolute atomic E-state index is 15.1. The Hall–Kier alpha value is -6.17. The lowest BCUT2D eigenvalue weighted by Crippen LogP contribution is -2.63. The van der Waals surface area contributed by atoms with Crippen LogP contribution >= 0.6 is 0 Å². The summed E-state index contributed by atoms with van der Waals surface area (Å²) >= 11 is 0. The molecule has 0 aromatic carbocycles. The summed E-state index contributed by atoms with van der Waals surface area (Å²) in [6, 6.07) is -13.2. The summed E-state index contributed by atoms with van der Waals surface area (Å²) in [5, 5.41) is 33.9. The highest BCUT2D eigenvalue weighted by Gasteiger charge is 2.46. The number of hydrogen-bond acceptors (Lipinski definition) is 13. The first-order valence-corrected chi connectivity index (χ1v) is 30.1. The first-order valence-electron chi connectivity index (χ1n) is 30.1. The number of likely N-dealkylation sites (N-methyl/N-ethyl adjacent to an activating group) is 7. The molecule has 1 fully saturated rings. The minimum Gasteiger partial charge on any atom is -0.391 e. The molecule has 486 valence electrons. The summed E-state index contributed by atoms with van der Waals surface area (Å²) in [6.45, 7) is 28.1. The molecule has 0 saturated carbocycles. The van der Waals surface area contributed by atoms with Crippen LogP contribution in [-0.2, 0) is 52.7 Å². The van der Waals surface area contributed by atoms with E-state index < -0.39 is 161 Å². The monoisotopic (exact) mass is 1200 g/mol. The van der Waals surface area contributed by atoms with Crippen molar-refractivity contribution >= 4 is 65.0 Å². The van der Waals surface area contributed by atoms with Crippen molar-refractivity contribution in [3.8, 4) is 0 Å². The molecule has 6 N–H and O–H groups in total. The number of nitrogens with zero attached hydrogens (tertiary/aromatic N) is 7. The minimum atomic E-state index is -1.64. The fourth-order valence-corrected chi connectivity index (χ4v) is 10.5. The molecule has 0 aromatic heterocycles. The van der Waals surface area contributed by atoms with Crippen LogP contribution in [0.25, 0.3) is 0 Å². The van der Waals surface area contributed by atoms with Crippen molar-refractivity contribution in [3.63, 3.8) is 0 Å². The highest BCUT2D eigenvalue weighted by atomic mass is 16.3. The second-order valence-corrected chi connectivity index (χ2v) is 26.2. The highest BCUT2D eigenvalue weighted by molar-refractivity contribution is 5.99. The second kappa shape index (κ2) is 33.7. The molecule has 13 atom stereocenters. The first-order chi connectivity index (χ1) is 39.0. The predicted octanol–water partition coefficient (Wildman–Crippen LogP) is 1.99. The van der Waals surface area contributed by atoms with E-state index in [9.17, 15) is 53.4 Å². The van der Waals surface area contributed by atoms with Crippen LogP contribution in [0.15, 0.2) is 12.2 Å². The molecule has 1 aliphatic heterocycles. The number of rotatable bonds is 13. The zero-order chi connectivity index (χ0) is 66.2. The molecule has 0 aromatic rings. The van der Waals surface area contributed by atoms with Gasteiger partial charge in [0.05, 0.1) is 18.8 Å². The van der Waals surface area contributed by atoms with Crippen LogP contribution < -0.4 is 21.3 Å². The maximum Gasteiger partial charge on any atom is 0.246 e.